The maximum absolute atomic E-state index is 12.1. The van der Waals surface area contributed by atoms with Gasteiger partial charge in [-0.2, -0.15) is 4.98 Å². The average molecular weight is 305 g/mol. The molecular weight excluding hydrogens is 286 g/mol. The average Bonchev–Trinajstić information content (AvgIpc) is 3.07. The first-order valence-corrected chi connectivity index (χ1v) is 7.17. The number of nitrogens with zero attached hydrogens (tertiary/aromatic N) is 3. The number of carbonyl (C=O) groups excluding carboxylic acids is 1. The van der Waals surface area contributed by atoms with Crippen molar-refractivity contribution in [2.75, 3.05) is 20.3 Å². The highest BCUT2D eigenvalue weighted by Gasteiger charge is 2.30. The third-order valence-corrected chi connectivity index (χ3v) is 3.58. The Bertz CT molecular complexity index is 688. The van der Waals surface area contributed by atoms with E-state index in [9.17, 15) is 4.79 Å². The fraction of sp³-hybridized carbons (Fsp3) is 0.571. The molecule has 0 radical (unpaired) electrons. The second-order valence-corrected chi connectivity index (χ2v) is 6.19. The summed E-state index contributed by atoms with van der Waals surface area (Å²) < 4.78 is 10.2. The summed E-state index contributed by atoms with van der Waals surface area (Å²) in [6, 6.07) is 0. The number of amides is 1. The minimum atomic E-state index is -0.179. The van der Waals surface area contributed by atoms with E-state index in [-0.39, 0.29) is 17.2 Å². The van der Waals surface area contributed by atoms with Gasteiger partial charge in [-0.15, -0.1) is 0 Å². The third-order valence-electron chi connectivity index (χ3n) is 3.58. The monoisotopic (exact) mass is 305 g/mol. The molecule has 0 aromatic carbocycles. The lowest BCUT2D eigenvalue weighted by Crippen LogP contribution is -2.32. The van der Waals surface area contributed by atoms with Gasteiger partial charge in [0.2, 0.25) is 0 Å². The summed E-state index contributed by atoms with van der Waals surface area (Å²) in [6.07, 6.45) is 1.28. The zero-order valence-corrected chi connectivity index (χ0v) is 12.9. The number of hydrogen-bond acceptors (Lipinski definition) is 6. The first-order chi connectivity index (χ1) is 10.5. The van der Waals surface area contributed by atoms with Gasteiger partial charge in [-0.25, -0.2) is 4.98 Å². The van der Waals surface area contributed by atoms with Crippen LogP contribution in [0.4, 0.5) is 0 Å². The molecular formula is C14H19N5O3. The maximum Gasteiger partial charge on any atom is 0.293 e. The molecule has 2 aromatic rings. The van der Waals surface area contributed by atoms with Crippen LogP contribution in [0.5, 0.6) is 0 Å². The van der Waals surface area contributed by atoms with Crippen molar-refractivity contribution in [1.29, 1.82) is 0 Å². The summed E-state index contributed by atoms with van der Waals surface area (Å²) in [4.78, 5) is 23.8. The van der Waals surface area contributed by atoms with Crippen LogP contribution in [0.2, 0.25) is 0 Å². The standard InChI is InChI=1S/C14H19N5O3/c1-14(2)6-8-10(12(20)15-7-14)18-11(16-8)13-17-9(19-22-13)4-5-21-3/h4-7H2,1-3H3,(H,15,20)(H,16,18). The lowest BCUT2D eigenvalue weighted by Gasteiger charge is -2.21. The van der Waals surface area contributed by atoms with Crippen LogP contribution in [0.15, 0.2) is 4.52 Å². The maximum atomic E-state index is 12.1. The molecule has 0 saturated carbocycles. The van der Waals surface area contributed by atoms with Crippen molar-refractivity contribution >= 4 is 5.91 Å². The predicted octanol–water partition coefficient (Wildman–Crippen LogP) is 0.961. The van der Waals surface area contributed by atoms with Gasteiger partial charge in [-0.3, -0.25) is 4.79 Å². The number of H-pyrrole nitrogens is 1. The number of methoxy groups -OCH3 is 1. The van der Waals surface area contributed by atoms with Crippen molar-refractivity contribution in [2.45, 2.75) is 26.7 Å². The summed E-state index contributed by atoms with van der Waals surface area (Å²) in [5, 5.41) is 6.76. The molecule has 1 aliphatic rings. The van der Waals surface area contributed by atoms with E-state index in [2.05, 4.69) is 39.3 Å². The molecule has 1 amide bonds. The Morgan fingerprint density at radius 2 is 2.18 bits per heavy atom. The number of aromatic amines is 1. The smallest absolute Gasteiger partial charge is 0.293 e. The second-order valence-electron chi connectivity index (χ2n) is 6.19. The van der Waals surface area contributed by atoms with E-state index < -0.39 is 0 Å². The summed E-state index contributed by atoms with van der Waals surface area (Å²) in [6.45, 7) is 5.33. The van der Waals surface area contributed by atoms with Crippen LogP contribution in [0.1, 0.15) is 35.9 Å². The van der Waals surface area contributed by atoms with E-state index in [1.54, 1.807) is 7.11 Å². The highest BCUT2D eigenvalue weighted by molar-refractivity contribution is 5.94. The number of aromatic nitrogens is 4. The molecule has 1 aliphatic heterocycles. The molecule has 0 atom stereocenters. The fourth-order valence-electron chi connectivity index (χ4n) is 2.42. The number of ether oxygens (including phenoxy) is 1. The molecule has 2 N–H and O–H groups in total. The minimum Gasteiger partial charge on any atom is -0.384 e. The number of fused-ring (bicyclic) bond motifs is 1. The van der Waals surface area contributed by atoms with Gasteiger partial charge < -0.3 is 19.6 Å². The van der Waals surface area contributed by atoms with Crippen LogP contribution in [-0.4, -0.2) is 46.3 Å². The van der Waals surface area contributed by atoms with Crippen molar-refractivity contribution in [3.8, 4) is 11.7 Å². The highest BCUT2D eigenvalue weighted by Crippen LogP contribution is 2.27. The van der Waals surface area contributed by atoms with Gasteiger partial charge in [0.15, 0.2) is 11.6 Å². The largest absolute Gasteiger partial charge is 0.384 e. The Labute approximate surface area is 127 Å². The van der Waals surface area contributed by atoms with E-state index in [1.807, 2.05) is 0 Å². The zero-order chi connectivity index (χ0) is 15.7. The predicted molar refractivity (Wildman–Crippen MR) is 77.3 cm³/mol. The number of imidazole rings is 1. The third kappa shape index (κ3) is 2.87. The molecule has 8 heteroatoms. The molecule has 0 fully saturated rings. The highest BCUT2D eigenvalue weighted by atomic mass is 16.5. The summed E-state index contributed by atoms with van der Waals surface area (Å²) in [5.74, 6) is 1.08. The molecule has 22 heavy (non-hydrogen) atoms. The van der Waals surface area contributed by atoms with Gasteiger partial charge in [-0.1, -0.05) is 19.0 Å². The second kappa shape index (κ2) is 5.53. The number of nitrogens with one attached hydrogen (secondary N) is 2. The van der Waals surface area contributed by atoms with Crippen molar-refractivity contribution in [2.24, 2.45) is 5.41 Å². The Morgan fingerprint density at radius 1 is 1.36 bits per heavy atom. The Hall–Kier alpha value is -2.22. The molecule has 118 valence electrons. The Balaban J connectivity index is 1.89. The fourth-order valence-corrected chi connectivity index (χ4v) is 2.42. The van der Waals surface area contributed by atoms with Crippen LogP contribution in [-0.2, 0) is 17.6 Å². The number of carbonyl (C=O) groups is 1. The lowest BCUT2D eigenvalue weighted by molar-refractivity contribution is 0.0940. The summed E-state index contributed by atoms with van der Waals surface area (Å²) in [5.41, 5.74) is 1.16. The van der Waals surface area contributed by atoms with E-state index >= 15 is 0 Å². The van der Waals surface area contributed by atoms with Crippen molar-refractivity contribution in [3.63, 3.8) is 0 Å². The first kappa shape index (κ1) is 14.7. The van der Waals surface area contributed by atoms with Gasteiger partial charge >= 0.3 is 0 Å². The van der Waals surface area contributed by atoms with Crippen molar-refractivity contribution in [3.05, 3.63) is 17.2 Å². The topological polar surface area (TPSA) is 106 Å². The van der Waals surface area contributed by atoms with Gasteiger partial charge in [0.05, 0.1) is 6.61 Å². The molecule has 8 nitrogen and oxygen atoms in total. The normalized spacial score (nSPS) is 17.0. The van der Waals surface area contributed by atoms with Crippen LogP contribution in [0.3, 0.4) is 0 Å². The van der Waals surface area contributed by atoms with E-state index in [0.29, 0.717) is 36.9 Å². The van der Waals surface area contributed by atoms with E-state index in [1.165, 1.54) is 0 Å². The molecule has 0 spiro atoms. The van der Waals surface area contributed by atoms with E-state index in [4.69, 9.17) is 9.26 Å². The summed E-state index contributed by atoms with van der Waals surface area (Å²) >= 11 is 0. The molecule has 0 saturated heterocycles. The Kier molecular flexibility index (Phi) is 3.69. The Morgan fingerprint density at radius 3 is 2.95 bits per heavy atom. The van der Waals surface area contributed by atoms with Crippen LogP contribution < -0.4 is 5.32 Å². The number of hydrogen-bond donors (Lipinski definition) is 2. The molecule has 3 heterocycles. The molecule has 2 aromatic heterocycles. The van der Waals surface area contributed by atoms with Gasteiger partial charge in [0.25, 0.3) is 11.8 Å². The van der Waals surface area contributed by atoms with Gasteiger partial charge in [0, 0.05) is 25.8 Å². The lowest BCUT2D eigenvalue weighted by atomic mass is 9.88. The van der Waals surface area contributed by atoms with Crippen molar-refractivity contribution < 1.29 is 14.1 Å². The quantitative estimate of drug-likeness (QED) is 0.871. The molecule has 0 aliphatic carbocycles. The summed E-state index contributed by atoms with van der Waals surface area (Å²) in [7, 11) is 1.62. The van der Waals surface area contributed by atoms with Crippen molar-refractivity contribution in [1.82, 2.24) is 25.4 Å². The van der Waals surface area contributed by atoms with Gasteiger partial charge in [-0.05, 0) is 11.8 Å². The van der Waals surface area contributed by atoms with Crippen LogP contribution in [0, 0.1) is 5.41 Å². The van der Waals surface area contributed by atoms with Gasteiger partial charge in [0.1, 0.15) is 5.69 Å². The SMILES string of the molecule is COCCc1noc(-c2nc3c([nH]2)CC(C)(C)CNC3=O)n1. The van der Waals surface area contributed by atoms with Crippen LogP contribution in [0.25, 0.3) is 11.7 Å². The minimum absolute atomic E-state index is 0.0385. The molecule has 0 bridgehead atoms. The van der Waals surface area contributed by atoms with Crippen LogP contribution >= 0.6 is 0 Å². The first-order valence-electron chi connectivity index (χ1n) is 7.17. The molecule has 0 unspecified atom stereocenters. The molecule has 3 rings (SSSR count). The number of rotatable bonds is 4. The zero-order valence-electron chi connectivity index (χ0n) is 12.9. The van der Waals surface area contributed by atoms with E-state index in [0.717, 1.165) is 12.1 Å².